The molecule has 5 nitrogen and oxygen atoms in total. The van der Waals surface area contributed by atoms with Crippen molar-refractivity contribution in [3.63, 3.8) is 0 Å². The van der Waals surface area contributed by atoms with Crippen molar-refractivity contribution in [3.05, 3.63) is 36.7 Å². The van der Waals surface area contributed by atoms with Crippen LogP contribution in [-0.4, -0.2) is 20.7 Å². The molecule has 0 fully saturated rings. The number of hydrogen-bond acceptors (Lipinski definition) is 5. The zero-order valence-electron chi connectivity index (χ0n) is 10.3. The quantitative estimate of drug-likeness (QED) is 0.889. The maximum absolute atomic E-state index is 8.92. The smallest absolute Gasteiger partial charge is 0.149 e. The topological polar surface area (TPSA) is 74.5 Å². The fourth-order valence-electron chi connectivity index (χ4n) is 1.42. The molecule has 1 N–H and O–H groups in total. The number of pyridine rings is 1. The summed E-state index contributed by atoms with van der Waals surface area (Å²) < 4.78 is 0. The molecule has 5 heteroatoms. The summed E-state index contributed by atoms with van der Waals surface area (Å²) in [5, 5.41) is 20.1. The first-order valence-electron chi connectivity index (χ1n) is 5.54. The molecule has 0 aromatic carbocycles. The summed E-state index contributed by atoms with van der Waals surface area (Å²) in [5.74, 6) is 0.583. The van der Waals surface area contributed by atoms with Crippen LogP contribution >= 0.6 is 0 Å². The third kappa shape index (κ3) is 2.80. The van der Waals surface area contributed by atoms with Gasteiger partial charge in [-0.3, -0.25) is 4.98 Å². The van der Waals surface area contributed by atoms with Gasteiger partial charge in [0.1, 0.15) is 11.4 Å². The monoisotopic (exact) mass is 239 g/mol. The Balaban J connectivity index is 2.19. The normalized spacial score (nSPS) is 10.7. The summed E-state index contributed by atoms with van der Waals surface area (Å²) >= 11 is 0. The molecule has 18 heavy (non-hydrogen) atoms. The Morgan fingerprint density at radius 3 is 2.39 bits per heavy atom. The molecule has 2 heterocycles. The van der Waals surface area contributed by atoms with Gasteiger partial charge in [0.05, 0.1) is 11.8 Å². The second-order valence-electron chi connectivity index (χ2n) is 4.40. The molecular formula is C13H13N5. The van der Waals surface area contributed by atoms with E-state index in [2.05, 4.69) is 26.6 Å². The number of nitrogens with one attached hydrogen (secondary N) is 1. The average molecular weight is 239 g/mol. The third-order valence-electron chi connectivity index (χ3n) is 2.36. The van der Waals surface area contributed by atoms with E-state index in [1.165, 1.54) is 0 Å². The lowest BCUT2D eigenvalue weighted by Crippen LogP contribution is -2.29. The van der Waals surface area contributed by atoms with E-state index >= 15 is 0 Å². The van der Waals surface area contributed by atoms with Crippen LogP contribution in [0.4, 0.5) is 5.82 Å². The van der Waals surface area contributed by atoms with Crippen LogP contribution in [0.2, 0.25) is 0 Å². The van der Waals surface area contributed by atoms with Crippen LogP contribution < -0.4 is 5.32 Å². The number of nitrogens with zero attached hydrogens (tertiary/aromatic N) is 4. The summed E-state index contributed by atoms with van der Waals surface area (Å²) in [4.78, 5) is 3.95. The number of nitriles is 1. The van der Waals surface area contributed by atoms with E-state index in [1.807, 2.05) is 24.3 Å². The molecule has 2 aromatic heterocycles. The minimum absolute atomic E-state index is 0.583. The van der Waals surface area contributed by atoms with Gasteiger partial charge >= 0.3 is 0 Å². The van der Waals surface area contributed by atoms with Gasteiger partial charge in [0, 0.05) is 18.0 Å². The van der Waals surface area contributed by atoms with Crippen molar-refractivity contribution in [1.82, 2.24) is 15.2 Å². The van der Waals surface area contributed by atoms with Crippen LogP contribution in [-0.2, 0) is 0 Å². The van der Waals surface area contributed by atoms with Gasteiger partial charge in [-0.05, 0) is 38.1 Å². The predicted octanol–water partition coefficient (Wildman–Crippen LogP) is 2.25. The van der Waals surface area contributed by atoms with Gasteiger partial charge in [-0.2, -0.15) is 5.26 Å². The second-order valence-corrected chi connectivity index (χ2v) is 4.40. The first-order chi connectivity index (χ1) is 8.61. The molecule has 0 unspecified atom stereocenters. The molecule has 0 atom stereocenters. The highest BCUT2D eigenvalue weighted by atomic mass is 15.2. The van der Waals surface area contributed by atoms with Gasteiger partial charge < -0.3 is 5.32 Å². The van der Waals surface area contributed by atoms with E-state index in [1.54, 1.807) is 26.2 Å². The second kappa shape index (κ2) is 4.80. The Bertz CT molecular complexity index is 554. The van der Waals surface area contributed by atoms with Crippen molar-refractivity contribution < 1.29 is 0 Å². The predicted molar refractivity (Wildman–Crippen MR) is 68.6 cm³/mol. The Kier molecular flexibility index (Phi) is 3.20. The highest BCUT2D eigenvalue weighted by Gasteiger charge is 2.16. The molecule has 2 rings (SSSR count). The van der Waals surface area contributed by atoms with Crippen LogP contribution in [0.15, 0.2) is 36.7 Å². The van der Waals surface area contributed by atoms with Gasteiger partial charge in [0.15, 0.2) is 0 Å². The summed E-state index contributed by atoms with van der Waals surface area (Å²) in [7, 11) is 0. The number of anilines is 1. The molecule has 0 saturated carbocycles. The van der Waals surface area contributed by atoms with Gasteiger partial charge in [0.25, 0.3) is 0 Å². The van der Waals surface area contributed by atoms with Crippen molar-refractivity contribution in [3.8, 4) is 17.3 Å². The molecule has 0 spiro atoms. The SMILES string of the molecule is CC(C)(C#N)Nc1ccc(-c2ccncc2)nn1. The Morgan fingerprint density at radius 1 is 1.11 bits per heavy atom. The molecule has 0 amide bonds. The molecule has 0 aliphatic carbocycles. The molecule has 2 aromatic rings. The minimum atomic E-state index is -0.660. The lowest BCUT2D eigenvalue weighted by molar-refractivity contribution is 0.719. The molecule has 0 saturated heterocycles. The highest BCUT2D eigenvalue weighted by molar-refractivity contribution is 5.58. The molecular weight excluding hydrogens is 226 g/mol. The third-order valence-corrected chi connectivity index (χ3v) is 2.36. The Morgan fingerprint density at radius 2 is 1.83 bits per heavy atom. The molecule has 0 aliphatic rings. The average Bonchev–Trinajstić information content (AvgIpc) is 2.40. The summed E-state index contributed by atoms with van der Waals surface area (Å²) in [6, 6.07) is 9.56. The fraction of sp³-hybridized carbons (Fsp3) is 0.231. The number of rotatable bonds is 3. The van der Waals surface area contributed by atoms with Crippen molar-refractivity contribution in [2.45, 2.75) is 19.4 Å². The highest BCUT2D eigenvalue weighted by Crippen LogP contribution is 2.17. The fourth-order valence-corrected chi connectivity index (χ4v) is 1.42. The molecule has 0 bridgehead atoms. The van der Waals surface area contributed by atoms with Gasteiger partial charge in [-0.1, -0.05) is 0 Å². The summed E-state index contributed by atoms with van der Waals surface area (Å²) in [5.41, 5.74) is 1.08. The first-order valence-corrected chi connectivity index (χ1v) is 5.54. The van der Waals surface area contributed by atoms with E-state index in [0.29, 0.717) is 5.82 Å². The minimum Gasteiger partial charge on any atom is -0.351 e. The lowest BCUT2D eigenvalue weighted by Gasteiger charge is -2.17. The summed E-state index contributed by atoms with van der Waals surface area (Å²) in [6.07, 6.45) is 3.42. The van der Waals surface area contributed by atoms with Crippen molar-refractivity contribution >= 4 is 5.82 Å². The summed E-state index contributed by atoms with van der Waals surface area (Å²) in [6.45, 7) is 3.57. The first kappa shape index (κ1) is 12.0. The Labute approximate surface area is 106 Å². The maximum Gasteiger partial charge on any atom is 0.149 e. The lowest BCUT2D eigenvalue weighted by atomic mass is 10.1. The Hall–Kier alpha value is -2.48. The van der Waals surface area contributed by atoms with Crippen LogP contribution in [0, 0.1) is 11.3 Å². The van der Waals surface area contributed by atoms with Gasteiger partial charge in [0.2, 0.25) is 0 Å². The van der Waals surface area contributed by atoms with E-state index in [9.17, 15) is 0 Å². The van der Waals surface area contributed by atoms with Crippen LogP contribution in [0.25, 0.3) is 11.3 Å². The largest absolute Gasteiger partial charge is 0.351 e. The zero-order valence-corrected chi connectivity index (χ0v) is 10.3. The van der Waals surface area contributed by atoms with E-state index < -0.39 is 5.54 Å². The molecule has 90 valence electrons. The number of aromatic nitrogens is 3. The maximum atomic E-state index is 8.92. The van der Waals surface area contributed by atoms with Crippen molar-refractivity contribution in [2.24, 2.45) is 0 Å². The van der Waals surface area contributed by atoms with Gasteiger partial charge in [-0.25, -0.2) is 0 Å². The molecule has 0 radical (unpaired) electrons. The van der Waals surface area contributed by atoms with E-state index in [4.69, 9.17) is 5.26 Å². The van der Waals surface area contributed by atoms with Gasteiger partial charge in [-0.15, -0.1) is 10.2 Å². The van der Waals surface area contributed by atoms with E-state index in [0.717, 1.165) is 11.3 Å². The zero-order chi connectivity index (χ0) is 13.0. The standard InChI is InChI=1S/C13H13N5/c1-13(2,9-14)16-12-4-3-11(17-18-12)10-5-7-15-8-6-10/h3-8H,1-2H3,(H,16,18). The van der Waals surface area contributed by atoms with Crippen LogP contribution in [0.3, 0.4) is 0 Å². The van der Waals surface area contributed by atoms with Crippen LogP contribution in [0.1, 0.15) is 13.8 Å². The van der Waals surface area contributed by atoms with Crippen LogP contribution in [0.5, 0.6) is 0 Å². The van der Waals surface area contributed by atoms with E-state index in [-0.39, 0.29) is 0 Å². The molecule has 0 aliphatic heterocycles. The van der Waals surface area contributed by atoms with Crippen molar-refractivity contribution in [2.75, 3.05) is 5.32 Å². The number of hydrogen-bond donors (Lipinski definition) is 1. The van der Waals surface area contributed by atoms with Crippen molar-refractivity contribution in [1.29, 1.82) is 5.26 Å².